The Bertz CT molecular complexity index is 382. The van der Waals surface area contributed by atoms with Crippen molar-refractivity contribution in [3.8, 4) is 0 Å². The van der Waals surface area contributed by atoms with Gasteiger partial charge in [-0.2, -0.15) is 0 Å². The molecular weight excluding hydrogens is 351 g/mol. The lowest BCUT2D eigenvalue weighted by atomic mass is 10.1. The van der Waals surface area contributed by atoms with Crippen LogP contribution in [0.4, 0.5) is 0 Å². The third kappa shape index (κ3) is 7.52. The Morgan fingerprint density at radius 3 is 2.47 bits per heavy atom. The Morgan fingerprint density at radius 1 is 1.11 bits per heavy atom. The van der Waals surface area contributed by atoms with Crippen molar-refractivity contribution in [2.45, 2.75) is 38.5 Å². The van der Waals surface area contributed by atoms with Gasteiger partial charge in [0.15, 0.2) is 0 Å². The van der Waals surface area contributed by atoms with Gasteiger partial charge in [-0.3, -0.25) is 4.79 Å². The number of carbonyl (C=O) groups excluding carboxylic acids is 1. The number of halogens is 1. The predicted octanol–water partition coefficient (Wildman–Crippen LogP) is 3.32. The van der Waals surface area contributed by atoms with Gasteiger partial charge in [-0.25, -0.2) is 0 Å². The summed E-state index contributed by atoms with van der Waals surface area (Å²) in [6, 6.07) is 7.65. The minimum absolute atomic E-state index is 0.0293. The first-order valence-electron chi connectivity index (χ1n) is 6.98. The van der Waals surface area contributed by atoms with Crippen molar-refractivity contribution >= 4 is 28.5 Å². The molecule has 3 nitrogen and oxygen atoms in total. The molecule has 1 rings (SSSR count). The van der Waals surface area contributed by atoms with Crippen LogP contribution in [0.2, 0.25) is 0 Å². The molecule has 0 radical (unpaired) electrons. The number of hydrogen-bond acceptors (Lipinski definition) is 2. The molecule has 0 aliphatic rings. The van der Waals surface area contributed by atoms with Gasteiger partial charge in [0, 0.05) is 15.7 Å². The third-order valence-corrected chi connectivity index (χ3v) is 3.67. The molecule has 106 valence electrons. The maximum Gasteiger partial charge on any atom is 0.251 e. The fourth-order valence-electron chi connectivity index (χ4n) is 1.91. The summed E-state index contributed by atoms with van der Waals surface area (Å²) in [7, 11) is 0. The second-order valence-corrected chi connectivity index (χ2v) is 5.92. The summed E-state index contributed by atoms with van der Waals surface area (Å²) in [5.41, 5.74) is 6.19. The zero-order valence-electron chi connectivity index (χ0n) is 11.3. The first kappa shape index (κ1) is 16.4. The maximum atomic E-state index is 11.8. The zero-order chi connectivity index (χ0) is 13.9. The van der Waals surface area contributed by atoms with Crippen LogP contribution in [0, 0.1) is 3.57 Å². The van der Waals surface area contributed by atoms with Gasteiger partial charge in [-0.15, -0.1) is 0 Å². The molecule has 0 spiro atoms. The highest BCUT2D eigenvalue weighted by molar-refractivity contribution is 14.1. The molecule has 0 heterocycles. The van der Waals surface area contributed by atoms with E-state index >= 15 is 0 Å². The van der Waals surface area contributed by atoms with E-state index in [2.05, 4.69) is 27.9 Å². The molecule has 3 N–H and O–H groups in total. The van der Waals surface area contributed by atoms with Crippen molar-refractivity contribution in [3.05, 3.63) is 33.4 Å². The molecule has 0 aliphatic heterocycles. The van der Waals surface area contributed by atoms with E-state index in [9.17, 15) is 4.79 Å². The second kappa shape index (κ2) is 10.2. The molecule has 0 unspecified atom stereocenters. The Balaban J connectivity index is 2.08. The predicted molar refractivity (Wildman–Crippen MR) is 88.2 cm³/mol. The van der Waals surface area contributed by atoms with E-state index in [1.54, 1.807) is 0 Å². The molecule has 4 heteroatoms. The van der Waals surface area contributed by atoms with E-state index < -0.39 is 0 Å². The Kier molecular flexibility index (Phi) is 8.82. The summed E-state index contributed by atoms with van der Waals surface area (Å²) >= 11 is 2.22. The highest BCUT2D eigenvalue weighted by atomic mass is 127. The van der Waals surface area contributed by atoms with E-state index in [0.717, 1.165) is 35.1 Å². The van der Waals surface area contributed by atoms with Gasteiger partial charge in [0.1, 0.15) is 0 Å². The van der Waals surface area contributed by atoms with Gasteiger partial charge in [-0.05, 0) is 60.2 Å². The SMILES string of the molecule is NCCCCCCCCNC(=O)c1cccc(I)c1. The summed E-state index contributed by atoms with van der Waals surface area (Å²) in [5, 5.41) is 2.97. The fraction of sp³-hybridized carbons (Fsp3) is 0.533. The quantitative estimate of drug-likeness (QED) is 0.515. The molecule has 1 amide bonds. The first-order chi connectivity index (χ1) is 9.24. The maximum absolute atomic E-state index is 11.8. The number of rotatable bonds is 9. The fourth-order valence-corrected chi connectivity index (χ4v) is 2.45. The van der Waals surface area contributed by atoms with Crippen LogP contribution in [0.15, 0.2) is 24.3 Å². The van der Waals surface area contributed by atoms with Crippen molar-refractivity contribution in [2.24, 2.45) is 5.73 Å². The van der Waals surface area contributed by atoms with Crippen LogP contribution in [0.5, 0.6) is 0 Å². The van der Waals surface area contributed by atoms with Crippen LogP contribution in [0.25, 0.3) is 0 Å². The summed E-state index contributed by atoms with van der Waals surface area (Å²) in [6.45, 7) is 1.56. The smallest absolute Gasteiger partial charge is 0.251 e. The second-order valence-electron chi connectivity index (χ2n) is 4.68. The van der Waals surface area contributed by atoms with Crippen molar-refractivity contribution in [2.75, 3.05) is 13.1 Å². The van der Waals surface area contributed by atoms with Crippen molar-refractivity contribution in [3.63, 3.8) is 0 Å². The number of benzene rings is 1. The minimum atomic E-state index is 0.0293. The molecule has 0 atom stereocenters. The van der Waals surface area contributed by atoms with E-state index in [-0.39, 0.29) is 5.91 Å². The molecular formula is C15H23IN2O. The number of unbranched alkanes of at least 4 members (excludes halogenated alkanes) is 5. The van der Waals surface area contributed by atoms with Crippen LogP contribution in [0.1, 0.15) is 48.9 Å². The Hall–Kier alpha value is -0.620. The molecule has 1 aromatic rings. The van der Waals surface area contributed by atoms with Gasteiger partial charge < -0.3 is 11.1 Å². The molecule has 0 fully saturated rings. The third-order valence-electron chi connectivity index (χ3n) is 3.00. The molecule has 1 aromatic carbocycles. The summed E-state index contributed by atoms with van der Waals surface area (Å²) in [4.78, 5) is 11.8. The van der Waals surface area contributed by atoms with Crippen LogP contribution in [-0.2, 0) is 0 Å². The van der Waals surface area contributed by atoms with Crippen LogP contribution < -0.4 is 11.1 Å². The summed E-state index contributed by atoms with van der Waals surface area (Å²) in [5.74, 6) is 0.0293. The molecule has 0 saturated heterocycles. The minimum Gasteiger partial charge on any atom is -0.352 e. The highest BCUT2D eigenvalue weighted by Gasteiger charge is 2.04. The average molecular weight is 374 g/mol. The van der Waals surface area contributed by atoms with Crippen molar-refractivity contribution < 1.29 is 4.79 Å². The lowest BCUT2D eigenvalue weighted by Crippen LogP contribution is -2.24. The number of hydrogen-bond donors (Lipinski definition) is 2. The van der Waals surface area contributed by atoms with E-state index in [1.165, 1.54) is 25.7 Å². The van der Waals surface area contributed by atoms with Crippen LogP contribution in [0.3, 0.4) is 0 Å². The summed E-state index contributed by atoms with van der Waals surface area (Å²) in [6.07, 6.45) is 7.07. The number of nitrogens with two attached hydrogens (primary N) is 1. The van der Waals surface area contributed by atoms with E-state index in [1.807, 2.05) is 24.3 Å². The van der Waals surface area contributed by atoms with Gasteiger partial charge in [0.05, 0.1) is 0 Å². The van der Waals surface area contributed by atoms with E-state index in [0.29, 0.717) is 0 Å². The number of amides is 1. The first-order valence-corrected chi connectivity index (χ1v) is 8.06. The summed E-state index contributed by atoms with van der Waals surface area (Å²) < 4.78 is 1.09. The lowest BCUT2D eigenvalue weighted by Gasteiger charge is -2.05. The normalized spacial score (nSPS) is 10.4. The number of carbonyl (C=O) groups is 1. The van der Waals surface area contributed by atoms with Crippen molar-refractivity contribution in [1.29, 1.82) is 0 Å². The lowest BCUT2D eigenvalue weighted by molar-refractivity contribution is 0.0953. The molecule has 19 heavy (non-hydrogen) atoms. The molecule has 0 saturated carbocycles. The van der Waals surface area contributed by atoms with Crippen LogP contribution in [-0.4, -0.2) is 19.0 Å². The largest absolute Gasteiger partial charge is 0.352 e. The van der Waals surface area contributed by atoms with Crippen LogP contribution >= 0.6 is 22.6 Å². The Morgan fingerprint density at radius 2 is 1.79 bits per heavy atom. The monoisotopic (exact) mass is 374 g/mol. The molecule has 0 aromatic heterocycles. The zero-order valence-corrected chi connectivity index (χ0v) is 13.5. The topological polar surface area (TPSA) is 55.1 Å². The van der Waals surface area contributed by atoms with Gasteiger partial charge in [0.2, 0.25) is 0 Å². The Labute approximate surface area is 129 Å². The average Bonchev–Trinajstić information content (AvgIpc) is 2.41. The number of nitrogens with one attached hydrogen (secondary N) is 1. The van der Waals surface area contributed by atoms with Gasteiger partial charge in [0.25, 0.3) is 5.91 Å². The molecule has 0 bridgehead atoms. The van der Waals surface area contributed by atoms with Crippen molar-refractivity contribution in [1.82, 2.24) is 5.32 Å². The standard InChI is InChI=1S/C15H23IN2O/c16-14-9-7-8-13(12-14)15(19)18-11-6-4-2-1-3-5-10-17/h7-9,12H,1-6,10-11,17H2,(H,18,19). The van der Waals surface area contributed by atoms with Gasteiger partial charge in [-0.1, -0.05) is 31.7 Å². The molecule has 0 aliphatic carbocycles. The van der Waals surface area contributed by atoms with E-state index in [4.69, 9.17) is 5.73 Å². The highest BCUT2D eigenvalue weighted by Crippen LogP contribution is 2.08. The van der Waals surface area contributed by atoms with Gasteiger partial charge >= 0.3 is 0 Å².